The second kappa shape index (κ2) is 5.00. The molecule has 1 atom stereocenters. The number of nitrogens with one attached hydrogen (secondary N) is 1. The van der Waals surface area contributed by atoms with Crippen LogP contribution < -0.4 is 10.5 Å². The Labute approximate surface area is 111 Å². The Morgan fingerprint density at radius 2 is 2.33 bits per heavy atom. The molecule has 1 aromatic heterocycles. The maximum absolute atomic E-state index is 12.1. The largest absolute Gasteiger partial charge is 0.382 e. The number of rotatable bonds is 3. The molecule has 6 nitrogen and oxygen atoms in total. The van der Waals surface area contributed by atoms with Crippen LogP contribution in [0.4, 0.5) is 5.82 Å². The van der Waals surface area contributed by atoms with Crippen LogP contribution in [0.2, 0.25) is 5.02 Å². The van der Waals surface area contributed by atoms with Crippen molar-refractivity contribution in [1.29, 1.82) is 0 Å². The molecule has 0 saturated carbocycles. The van der Waals surface area contributed by atoms with Crippen LogP contribution >= 0.6 is 11.6 Å². The number of likely N-dealkylation sites (tertiary alicyclic amines) is 1. The van der Waals surface area contributed by atoms with E-state index in [2.05, 4.69) is 14.6 Å². The summed E-state index contributed by atoms with van der Waals surface area (Å²) in [5.74, 6) is 0.121. The van der Waals surface area contributed by atoms with E-state index in [0.29, 0.717) is 6.54 Å². The molecule has 3 N–H and O–H groups in total. The first-order chi connectivity index (χ1) is 8.38. The summed E-state index contributed by atoms with van der Waals surface area (Å²) in [6.07, 6.45) is 2.01. The Morgan fingerprint density at radius 1 is 1.61 bits per heavy atom. The number of nitrogens with two attached hydrogens (primary N) is 1. The molecular formula is C10H15ClN4O2S. The highest BCUT2D eigenvalue weighted by molar-refractivity contribution is 7.89. The van der Waals surface area contributed by atoms with Crippen molar-refractivity contribution in [3.63, 3.8) is 0 Å². The van der Waals surface area contributed by atoms with Gasteiger partial charge in [-0.2, -0.15) is 0 Å². The highest BCUT2D eigenvalue weighted by Gasteiger charge is 2.25. The molecule has 1 unspecified atom stereocenters. The van der Waals surface area contributed by atoms with Crippen LogP contribution in [0, 0.1) is 0 Å². The summed E-state index contributed by atoms with van der Waals surface area (Å²) in [7, 11) is -1.63. The van der Waals surface area contributed by atoms with Gasteiger partial charge in [-0.15, -0.1) is 0 Å². The average molecular weight is 291 g/mol. The average Bonchev–Trinajstić information content (AvgIpc) is 2.67. The van der Waals surface area contributed by atoms with E-state index < -0.39 is 10.0 Å². The molecule has 2 heterocycles. The number of sulfonamides is 1. The Balaban J connectivity index is 2.17. The van der Waals surface area contributed by atoms with Crippen LogP contribution in [0.15, 0.2) is 17.2 Å². The zero-order valence-corrected chi connectivity index (χ0v) is 11.5. The highest BCUT2D eigenvalue weighted by Crippen LogP contribution is 2.20. The number of hydrogen-bond donors (Lipinski definition) is 2. The number of hydrogen-bond acceptors (Lipinski definition) is 5. The maximum atomic E-state index is 12.1. The van der Waals surface area contributed by atoms with E-state index in [1.807, 2.05) is 7.05 Å². The van der Waals surface area contributed by atoms with E-state index in [1.165, 1.54) is 12.3 Å². The molecule has 0 spiro atoms. The van der Waals surface area contributed by atoms with Crippen LogP contribution in [0.3, 0.4) is 0 Å². The molecule has 0 amide bonds. The van der Waals surface area contributed by atoms with E-state index >= 15 is 0 Å². The Morgan fingerprint density at radius 3 is 2.89 bits per heavy atom. The minimum atomic E-state index is -3.59. The van der Waals surface area contributed by atoms with Crippen molar-refractivity contribution in [3.8, 4) is 0 Å². The number of aromatic nitrogens is 1. The molecule has 18 heavy (non-hydrogen) atoms. The predicted molar refractivity (Wildman–Crippen MR) is 69.9 cm³/mol. The minimum absolute atomic E-state index is 0.0382. The van der Waals surface area contributed by atoms with Gasteiger partial charge >= 0.3 is 0 Å². The fourth-order valence-corrected chi connectivity index (χ4v) is 3.36. The molecule has 0 radical (unpaired) electrons. The summed E-state index contributed by atoms with van der Waals surface area (Å²) >= 11 is 5.77. The molecule has 2 rings (SSSR count). The van der Waals surface area contributed by atoms with Crippen LogP contribution in [0.5, 0.6) is 0 Å². The number of pyridine rings is 1. The van der Waals surface area contributed by atoms with Crippen LogP contribution in [-0.4, -0.2) is 44.5 Å². The van der Waals surface area contributed by atoms with Gasteiger partial charge in [0, 0.05) is 18.8 Å². The van der Waals surface area contributed by atoms with Gasteiger partial charge in [0.2, 0.25) is 10.0 Å². The van der Waals surface area contributed by atoms with Gasteiger partial charge in [-0.1, -0.05) is 11.6 Å². The number of nitrogen functional groups attached to an aromatic ring is 1. The van der Waals surface area contributed by atoms with E-state index in [0.717, 1.165) is 13.0 Å². The molecular weight excluding hydrogens is 276 g/mol. The maximum Gasteiger partial charge on any atom is 0.242 e. The molecule has 0 aromatic carbocycles. The minimum Gasteiger partial charge on any atom is -0.382 e. The van der Waals surface area contributed by atoms with Gasteiger partial charge in [-0.05, 0) is 26.1 Å². The fraction of sp³-hybridized carbons (Fsp3) is 0.500. The normalized spacial score (nSPS) is 21.3. The van der Waals surface area contributed by atoms with Crippen LogP contribution in [0.1, 0.15) is 6.42 Å². The smallest absolute Gasteiger partial charge is 0.242 e. The van der Waals surface area contributed by atoms with Crippen LogP contribution in [0.25, 0.3) is 0 Å². The molecule has 8 heteroatoms. The lowest BCUT2D eigenvalue weighted by molar-refractivity contribution is 0.407. The summed E-state index contributed by atoms with van der Waals surface area (Å²) in [5, 5.41) is 0.140. The van der Waals surface area contributed by atoms with E-state index in [-0.39, 0.29) is 21.8 Å². The Kier molecular flexibility index (Phi) is 3.76. The van der Waals surface area contributed by atoms with Gasteiger partial charge in [-0.3, -0.25) is 0 Å². The molecule has 1 saturated heterocycles. The lowest BCUT2D eigenvalue weighted by Crippen LogP contribution is -2.36. The van der Waals surface area contributed by atoms with Gasteiger partial charge in [0.1, 0.15) is 10.7 Å². The second-order valence-corrected chi connectivity index (χ2v) is 6.53. The standard InChI is InChI=1S/C10H15ClN4O2S/c1-15-3-2-7(6-15)14-18(16,17)8-4-9(11)10(12)13-5-8/h4-5,7,14H,2-3,6H2,1H3,(H2,12,13). The molecule has 100 valence electrons. The van der Waals surface area contributed by atoms with Crippen molar-refractivity contribution in [1.82, 2.24) is 14.6 Å². The quantitative estimate of drug-likeness (QED) is 0.836. The van der Waals surface area contributed by atoms with Gasteiger partial charge < -0.3 is 10.6 Å². The molecule has 1 aromatic rings. The van der Waals surface area contributed by atoms with E-state index in [1.54, 1.807) is 0 Å². The number of nitrogens with zero attached hydrogens (tertiary/aromatic N) is 2. The summed E-state index contributed by atoms with van der Waals surface area (Å²) in [6.45, 7) is 1.59. The molecule has 1 aliphatic rings. The van der Waals surface area contributed by atoms with Gasteiger partial charge in [0.25, 0.3) is 0 Å². The van der Waals surface area contributed by atoms with Crippen molar-refractivity contribution in [2.24, 2.45) is 0 Å². The Hall–Kier alpha value is -0.890. The van der Waals surface area contributed by atoms with Crippen LogP contribution in [-0.2, 0) is 10.0 Å². The molecule has 1 fully saturated rings. The number of halogens is 1. The molecule has 0 aliphatic carbocycles. The first-order valence-electron chi connectivity index (χ1n) is 5.50. The first-order valence-corrected chi connectivity index (χ1v) is 7.36. The zero-order valence-electron chi connectivity index (χ0n) is 9.93. The topological polar surface area (TPSA) is 88.3 Å². The summed E-state index contributed by atoms with van der Waals surface area (Å²) in [6, 6.07) is 1.24. The molecule has 0 bridgehead atoms. The third kappa shape index (κ3) is 2.92. The summed E-state index contributed by atoms with van der Waals surface area (Å²) in [5.41, 5.74) is 5.45. The monoisotopic (exact) mass is 290 g/mol. The van der Waals surface area contributed by atoms with Crippen molar-refractivity contribution >= 4 is 27.4 Å². The van der Waals surface area contributed by atoms with Crippen molar-refractivity contribution in [3.05, 3.63) is 17.3 Å². The predicted octanol–water partition coefficient (Wildman–Crippen LogP) is 0.300. The lowest BCUT2D eigenvalue weighted by atomic mass is 10.3. The second-order valence-electron chi connectivity index (χ2n) is 4.41. The third-order valence-electron chi connectivity index (χ3n) is 2.87. The summed E-state index contributed by atoms with van der Waals surface area (Å²) in [4.78, 5) is 5.86. The van der Waals surface area contributed by atoms with Crippen molar-refractivity contribution in [2.45, 2.75) is 17.4 Å². The van der Waals surface area contributed by atoms with Gasteiger partial charge in [0.05, 0.1) is 5.02 Å². The van der Waals surface area contributed by atoms with Gasteiger partial charge in [0.15, 0.2) is 0 Å². The first kappa shape index (κ1) is 13.5. The van der Waals surface area contributed by atoms with E-state index in [9.17, 15) is 8.42 Å². The molecule has 1 aliphatic heterocycles. The highest BCUT2D eigenvalue weighted by atomic mass is 35.5. The Bertz CT molecular complexity index is 549. The van der Waals surface area contributed by atoms with Gasteiger partial charge in [-0.25, -0.2) is 18.1 Å². The van der Waals surface area contributed by atoms with Crippen molar-refractivity contribution < 1.29 is 8.42 Å². The number of anilines is 1. The van der Waals surface area contributed by atoms with Crippen molar-refractivity contribution in [2.75, 3.05) is 25.9 Å². The SMILES string of the molecule is CN1CCC(NS(=O)(=O)c2cnc(N)c(Cl)c2)C1. The number of likely N-dealkylation sites (N-methyl/N-ethyl adjacent to an activating group) is 1. The zero-order chi connectivity index (χ0) is 13.3. The van der Waals surface area contributed by atoms with E-state index in [4.69, 9.17) is 17.3 Å². The fourth-order valence-electron chi connectivity index (χ4n) is 1.90. The third-order valence-corrected chi connectivity index (χ3v) is 4.66. The summed E-state index contributed by atoms with van der Waals surface area (Å²) < 4.78 is 26.8. The lowest BCUT2D eigenvalue weighted by Gasteiger charge is -2.13.